The number of amides is 1. The van der Waals surface area contributed by atoms with Gasteiger partial charge in [-0.15, -0.1) is 0 Å². The van der Waals surface area contributed by atoms with E-state index in [1.807, 2.05) is 0 Å². The van der Waals surface area contributed by atoms with Gasteiger partial charge in [-0.3, -0.25) is 4.79 Å². The SMILES string of the molecule is [2H]c1c([2H])c(C(N)=O)c([2H])c([2H])c1CCCCC1CCC(CCCCC)CC1. The smallest absolute Gasteiger partial charge is 0.248 e. The Hall–Kier alpha value is -1.31. The van der Waals surface area contributed by atoms with E-state index in [0.29, 0.717) is 12.0 Å². The van der Waals surface area contributed by atoms with Crippen LogP contribution < -0.4 is 5.73 Å². The van der Waals surface area contributed by atoms with Gasteiger partial charge in [0.25, 0.3) is 0 Å². The molecule has 1 aromatic rings. The maximum atomic E-state index is 11.4. The maximum Gasteiger partial charge on any atom is 0.248 e. The van der Waals surface area contributed by atoms with Crippen LogP contribution in [-0.2, 0) is 6.42 Å². The zero-order chi connectivity index (χ0) is 20.7. The number of unbranched alkanes of at least 4 members (excludes halogenated alkanes) is 3. The van der Waals surface area contributed by atoms with Crippen LogP contribution in [0.4, 0.5) is 0 Å². The van der Waals surface area contributed by atoms with Crippen molar-refractivity contribution in [2.45, 2.75) is 84.0 Å². The number of hydrogen-bond donors (Lipinski definition) is 1. The fraction of sp³-hybridized carbons (Fsp3) is 0.682. The molecule has 1 fully saturated rings. The number of hydrogen-bond acceptors (Lipinski definition) is 1. The van der Waals surface area contributed by atoms with E-state index in [1.165, 1.54) is 57.8 Å². The predicted molar refractivity (Wildman–Crippen MR) is 102 cm³/mol. The third kappa shape index (κ3) is 6.67. The average Bonchev–Trinajstić information content (AvgIpc) is 2.67. The van der Waals surface area contributed by atoms with E-state index >= 15 is 0 Å². The fourth-order valence-corrected chi connectivity index (χ4v) is 3.81. The number of carbonyl (C=O) groups excluding carboxylic acids is 1. The molecule has 1 amide bonds. The summed E-state index contributed by atoms with van der Waals surface area (Å²) in [5.41, 5.74) is 5.30. The first-order valence-corrected chi connectivity index (χ1v) is 9.75. The van der Waals surface area contributed by atoms with Gasteiger partial charge in [-0.05, 0) is 42.3 Å². The standard InChI is InChI=1S/C22H35NO/c1-2-3-4-7-18-10-12-19(13-11-18)8-5-6-9-20-14-16-21(17-15-20)22(23)24/h14-19H,2-13H2,1H3,(H2,23,24)/i14D,15D,16D,17D. The van der Waals surface area contributed by atoms with Gasteiger partial charge in [0.15, 0.2) is 0 Å². The molecule has 0 aliphatic heterocycles. The molecule has 2 N–H and O–H groups in total. The lowest BCUT2D eigenvalue weighted by molar-refractivity contribution is 0.100. The summed E-state index contributed by atoms with van der Waals surface area (Å²) in [4.78, 5) is 11.4. The Morgan fingerprint density at radius 1 is 1.00 bits per heavy atom. The topological polar surface area (TPSA) is 43.1 Å². The van der Waals surface area contributed by atoms with Gasteiger partial charge in [0.1, 0.15) is 0 Å². The van der Waals surface area contributed by atoms with Gasteiger partial charge < -0.3 is 5.73 Å². The molecule has 1 aromatic carbocycles. The molecule has 2 rings (SSSR count). The Balaban J connectivity index is 1.80. The summed E-state index contributed by atoms with van der Waals surface area (Å²) < 4.78 is 32.0. The van der Waals surface area contributed by atoms with Crippen molar-refractivity contribution >= 4 is 5.91 Å². The largest absolute Gasteiger partial charge is 0.366 e. The molecule has 2 heteroatoms. The number of carbonyl (C=O) groups is 1. The minimum Gasteiger partial charge on any atom is -0.366 e. The lowest BCUT2D eigenvalue weighted by Crippen LogP contribution is -2.14. The van der Waals surface area contributed by atoms with Crippen molar-refractivity contribution in [3.63, 3.8) is 0 Å². The molecule has 1 aliphatic carbocycles. The van der Waals surface area contributed by atoms with Crippen LogP contribution in [0.1, 0.15) is 99.0 Å². The maximum absolute atomic E-state index is 11.4. The predicted octanol–water partition coefficient (Wildman–Crippen LogP) is 5.89. The van der Waals surface area contributed by atoms with Gasteiger partial charge in [-0.25, -0.2) is 0 Å². The molecular formula is C22H35NO. The van der Waals surface area contributed by atoms with E-state index in [2.05, 4.69) is 6.92 Å². The minimum atomic E-state index is -0.908. The Bertz CT molecular complexity index is 640. The number of benzene rings is 1. The third-order valence-corrected chi connectivity index (χ3v) is 5.39. The highest BCUT2D eigenvalue weighted by molar-refractivity contribution is 5.92. The molecule has 24 heavy (non-hydrogen) atoms. The van der Waals surface area contributed by atoms with Crippen LogP contribution in [0.15, 0.2) is 24.2 Å². The summed E-state index contributed by atoms with van der Waals surface area (Å²) in [5, 5.41) is 0. The van der Waals surface area contributed by atoms with Crippen LogP contribution in [0, 0.1) is 11.8 Å². The van der Waals surface area contributed by atoms with Crippen LogP contribution in [-0.4, -0.2) is 5.91 Å². The van der Waals surface area contributed by atoms with Crippen molar-refractivity contribution < 1.29 is 10.3 Å². The molecule has 0 radical (unpaired) electrons. The van der Waals surface area contributed by atoms with Gasteiger partial charge >= 0.3 is 0 Å². The highest BCUT2D eigenvalue weighted by Gasteiger charge is 2.20. The van der Waals surface area contributed by atoms with E-state index in [9.17, 15) is 4.79 Å². The van der Waals surface area contributed by atoms with E-state index in [1.54, 1.807) is 0 Å². The van der Waals surface area contributed by atoms with Crippen molar-refractivity contribution in [3.05, 3.63) is 35.3 Å². The summed E-state index contributed by atoms with van der Waals surface area (Å²) >= 11 is 0. The van der Waals surface area contributed by atoms with Gasteiger partial charge in [0.05, 0.1) is 5.48 Å². The van der Waals surface area contributed by atoms with Crippen molar-refractivity contribution in [1.82, 2.24) is 0 Å². The van der Waals surface area contributed by atoms with E-state index in [0.717, 1.165) is 24.7 Å². The second-order valence-corrected chi connectivity index (χ2v) is 7.35. The minimum absolute atomic E-state index is 0.123. The number of rotatable bonds is 10. The van der Waals surface area contributed by atoms with E-state index in [4.69, 9.17) is 11.2 Å². The summed E-state index contributed by atoms with van der Waals surface area (Å²) in [6, 6.07) is -0.875. The Morgan fingerprint density at radius 3 is 2.04 bits per heavy atom. The lowest BCUT2D eigenvalue weighted by Gasteiger charge is -2.28. The van der Waals surface area contributed by atoms with Crippen LogP contribution >= 0.6 is 0 Å². The Morgan fingerprint density at radius 2 is 1.54 bits per heavy atom. The first-order valence-electron chi connectivity index (χ1n) is 11.8. The van der Waals surface area contributed by atoms with Crippen molar-refractivity contribution in [1.29, 1.82) is 0 Å². The third-order valence-electron chi connectivity index (χ3n) is 5.39. The Kier molecular flexibility index (Phi) is 6.11. The number of primary amides is 1. The molecule has 1 saturated carbocycles. The normalized spacial score (nSPS) is 23.2. The summed E-state index contributed by atoms with van der Waals surface area (Å²) in [6.07, 6.45) is 14.4. The number of nitrogens with two attached hydrogens (primary N) is 1. The molecule has 0 bridgehead atoms. The summed E-state index contributed by atoms with van der Waals surface area (Å²) in [6.45, 7) is 2.26. The molecule has 0 spiro atoms. The van der Waals surface area contributed by atoms with Crippen LogP contribution in [0.5, 0.6) is 0 Å². The molecular weight excluding hydrogens is 294 g/mol. The molecule has 2 nitrogen and oxygen atoms in total. The molecule has 0 atom stereocenters. The van der Waals surface area contributed by atoms with Crippen molar-refractivity contribution in [2.24, 2.45) is 17.6 Å². The zero-order valence-electron chi connectivity index (χ0n) is 19.1. The zero-order valence-corrected chi connectivity index (χ0v) is 15.1. The van der Waals surface area contributed by atoms with Crippen LogP contribution in [0.3, 0.4) is 0 Å². The van der Waals surface area contributed by atoms with Crippen molar-refractivity contribution in [3.8, 4) is 0 Å². The van der Waals surface area contributed by atoms with Crippen LogP contribution in [0.25, 0.3) is 0 Å². The molecule has 0 unspecified atom stereocenters. The average molecular weight is 334 g/mol. The first kappa shape index (κ1) is 13.9. The summed E-state index contributed by atoms with van der Waals surface area (Å²) in [7, 11) is 0. The van der Waals surface area contributed by atoms with Gasteiger partial charge in [0.2, 0.25) is 5.91 Å². The second-order valence-electron chi connectivity index (χ2n) is 7.35. The van der Waals surface area contributed by atoms with Gasteiger partial charge in [-0.2, -0.15) is 0 Å². The second kappa shape index (κ2) is 10.5. The highest BCUT2D eigenvalue weighted by Crippen LogP contribution is 2.34. The molecule has 0 heterocycles. The summed E-state index contributed by atoms with van der Waals surface area (Å²) in [5.74, 6) is 0.812. The van der Waals surface area contributed by atoms with Crippen molar-refractivity contribution in [2.75, 3.05) is 0 Å². The molecule has 134 valence electrons. The fourth-order valence-electron chi connectivity index (χ4n) is 3.81. The van der Waals surface area contributed by atoms with Gasteiger partial charge in [-0.1, -0.05) is 83.2 Å². The first-order chi connectivity index (χ1) is 13.4. The Labute approximate surface area is 153 Å². The lowest BCUT2D eigenvalue weighted by atomic mass is 9.78. The highest BCUT2D eigenvalue weighted by atomic mass is 16.1. The van der Waals surface area contributed by atoms with E-state index in [-0.39, 0.29) is 29.7 Å². The van der Waals surface area contributed by atoms with Gasteiger partial charge in [0, 0.05) is 5.56 Å². The quantitative estimate of drug-likeness (QED) is 0.533. The van der Waals surface area contributed by atoms with Crippen LogP contribution in [0.2, 0.25) is 0 Å². The molecule has 0 aromatic heterocycles. The molecule has 0 saturated heterocycles. The van der Waals surface area contributed by atoms with E-state index < -0.39 is 5.91 Å². The monoisotopic (exact) mass is 333 g/mol. The molecule has 1 aliphatic rings.